The highest BCUT2D eigenvalue weighted by molar-refractivity contribution is 6.28. The minimum atomic E-state index is 0.0126. The summed E-state index contributed by atoms with van der Waals surface area (Å²) in [5, 5.41) is 18.2. The summed E-state index contributed by atoms with van der Waals surface area (Å²) in [4.78, 5) is 22.3. The number of aliphatic hydroxyl groups is 1. The van der Waals surface area contributed by atoms with Crippen LogP contribution in [0, 0.1) is 13.8 Å². The van der Waals surface area contributed by atoms with Crippen molar-refractivity contribution in [1.29, 1.82) is 0 Å². The summed E-state index contributed by atoms with van der Waals surface area (Å²) in [7, 11) is 0. The number of pyridine rings is 1. The predicted molar refractivity (Wildman–Crippen MR) is 115 cm³/mol. The summed E-state index contributed by atoms with van der Waals surface area (Å²) in [5.41, 5.74) is 3.41. The summed E-state index contributed by atoms with van der Waals surface area (Å²) in [6.45, 7) is 8.08. The molecular formula is C19H26ClN7O3. The van der Waals surface area contributed by atoms with E-state index in [2.05, 4.69) is 30.7 Å². The monoisotopic (exact) mass is 435 g/mol. The molecule has 0 saturated heterocycles. The molecule has 0 atom stereocenters. The van der Waals surface area contributed by atoms with Gasteiger partial charge in [0.25, 0.3) is 0 Å². The lowest BCUT2D eigenvalue weighted by molar-refractivity contribution is -0.109. The number of hydrogen-bond acceptors (Lipinski definition) is 8. The Balaban J connectivity index is 0.000000469. The molecule has 1 amide bonds. The van der Waals surface area contributed by atoms with Crippen LogP contribution in [0.2, 0.25) is 5.28 Å². The molecule has 0 aromatic carbocycles. The summed E-state index contributed by atoms with van der Waals surface area (Å²) in [6, 6.07) is 3.87. The number of hydrogen-bond donors (Lipinski definition) is 3. The SMILES string of the molecule is CCOCCn1nc(C)c2nc(Cl)nc(Nc3cc(C)ccn3)c21.O=CNCCO. The number of fused-ring (bicyclic) bond motifs is 1. The fraction of sp³-hybridized carbons (Fsp3) is 0.421. The summed E-state index contributed by atoms with van der Waals surface area (Å²) >= 11 is 6.08. The van der Waals surface area contributed by atoms with Crippen LogP contribution in [0.15, 0.2) is 18.3 Å². The van der Waals surface area contributed by atoms with Crippen molar-refractivity contribution in [3.05, 3.63) is 34.9 Å². The molecule has 0 aliphatic heterocycles. The molecule has 3 aromatic heterocycles. The maximum Gasteiger partial charge on any atom is 0.225 e. The molecule has 0 radical (unpaired) electrons. The average molecular weight is 436 g/mol. The van der Waals surface area contributed by atoms with E-state index in [0.29, 0.717) is 44.3 Å². The van der Waals surface area contributed by atoms with Gasteiger partial charge in [0.2, 0.25) is 11.7 Å². The number of amides is 1. The van der Waals surface area contributed by atoms with Crippen LogP contribution < -0.4 is 10.6 Å². The van der Waals surface area contributed by atoms with Gasteiger partial charge in [-0.1, -0.05) is 0 Å². The van der Waals surface area contributed by atoms with E-state index >= 15 is 0 Å². The number of ether oxygens (including phenoxy) is 1. The van der Waals surface area contributed by atoms with Gasteiger partial charge in [-0.15, -0.1) is 0 Å². The van der Waals surface area contributed by atoms with Crippen molar-refractivity contribution in [3.8, 4) is 0 Å². The molecular weight excluding hydrogens is 410 g/mol. The predicted octanol–water partition coefficient (Wildman–Crippen LogP) is 2.00. The third-order valence-corrected chi connectivity index (χ3v) is 4.05. The van der Waals surface area contributed by atoms with E-state index in [1.165, 1.54) is 0 Å². The van der Waals surface area contributed by atoms with Crippen molar-refractivity contribution in [3.63, 3.8) is 0 Å². The Kier molecular flexibility index (Phi) is 9.39. The first kappa shape index (κ1) is 23.5. The van der Waals surface area contributed by atoms with E-state index in [4.69, 9.17) is 21.4 Å². The van der Waals surface area contributed by atoms with E-state index in [1.54, 1.807) is 6.20 Å². The summed E-state index contributed by atoms with van der Waals surface area (Å²) in [6.07, 6.45) is 2.30. The van der Waals surface area contributed by atoms with E-state index < -0.39 is 0 Å². The smallest absolute Gasteiger partial charge is 0.225 e. The molecule has 30 heavy (non-hydrogen) atoms. The molecule has 11 heteroatoms. The maximum atomic E-state index is 9.34. The lowest BCUT2D eigenvalue weighted by Crippen LogP contribution is -2.14. The van der Waals surface area contributed by atoms with Crippen LogP contribution in [0.25, 0.3) is 11.0 Å². The van der Waals surface area contributed by atoms with Crippen LogP contribution in [-0.2, 0) is 16.1 Å². The van der Waals surface area contributed by atoms with Gasteiger partial charge >= 0.3 is 0 Å². The van der Waals surface area contributed by atoms with Gasteiger partial charge in [-0.2, -0.15) is 10.1 Å². The largest absolute Gasteiger partial charge is 0.395 e. The number of carbonyl (C=O) groups excluding carboxylic acids is 1. The lowest BCUT2D eigenvalue weighted by atomic mass is 10.3. The van der Waals surface area contributed by atoms with Crippen molar-refractivity contribution in [2.45, 2.75) is 27.3 Å². The number of nitrogens with zero attached hydrogens (tertiary/aromatic N) is 5. The van der Waals surface area contributed by atoms with Crippen LogP contribution >= 0.6 is 11.6 Å². The molecule has 0 fully saturated rings. The number of rotatable bonds is 9. The number of carbonyl (C=O) groups is 1. The van der Waals surface area contributed by atoms with Crippen LogP contribution in [-0.4, -0.2) is 62.6 Å². The second-order valence-electron chi connectivity index (χ2n) is 6.18. The molecule has 0 aliphatic carbocycles. The number of halogens is 1. The minimum absolute atomic E-state index is 0.0126. The highest BCUT2D eigenvalue weighted by Crippen LogP contribution is 2.27. The van der Waals surface area contributed by atoms with Gasteiger partial charge < -0.3 is 20.5 Å². The Labute approximate surface area is 179 Å². The Morgan fingerprint density at radius 2 is 2.13 bits per heavy atom. The summed E-state index contributed by atoms with van der Waals surface area (Å²) < 4.78 is 7.27. The standard InChI is InChI=1S/C16H19ClN6O.C3H7NO2/c1-4-24-8-7-23-14-13(11(3)22-23)20-16(17)21-15(14)19-12-9-10(2)5-6-18-12;5-2-1-4-3-6/h5-6,9H,4,7-8H2,1-3H3,(H,18,19,20,21);3,5H,1-2H2,(H,4,6). The number of aromatic nitrogens is 5. The van der Waals surface area contributed by atoms with Crippen molar-refractivity contribution < 1.29 is 14.6 Å². The molecule has 0 bridgehead atoms. The second kappa shape index (κ2) is 12.0. The Morgan fingerprint density at radius 1 is 1.33 bits per heavy atom. The summed E-state index contributed by atoms with van der Waals surface area (Å²) in [5.74, 6) is 1.28. The van der Waals surface area contributed by atoms with Crippen molar-refractivity contribution in [2.24, 2.45) is 0 Å². The molecule has 3 aromatic rings. The normalized spacial score (nSPS) is 10.4. The van der Waals surface area contributed by atoms with Crippen molar-refractivity contribution >= 4 is 40.7 Å². The maximum absolute atomic E-state index is 9.34. The third kappa shape index (κ3) is 6.61. The van der Waals surface area contributed by atoms with Gasteiger partial charge in [-0.25, -0.2) is 9.97 Å². The Hall–Kier alpha value is -2.82. The fourth-order valence-electron chi connectivity index (χ4n) is 2.60. The molecule has 3 rings (SSSR count). The molecule has 0 unspecified atom stereocenters. The fourth-order valence-corrected chi connectivity index (χ4v) is 2.77. The molecule has 3 heterocycles. The van der Waals surface area contributed by atoms with Crippen molar-refractivity contribution in [2.75, 3.05) is 31.7 Å². The minimum Gasteiger partial charge on any atom is -0.395 e. The highest BCUT2D eigenvalue weighted by Gasteiger charge is 2.16. The van der Waals surface area contributed by atoms with Gasteiger partial charge in [0.1, 0.15) is 16.9 Å². The van der Waals surface area contributed by atoms with Gasteiger partial charge in [-0.05, 0) is 50.1 Å². The lowest BCUT2D eigenvalue weighted by Gasteiger charge is -2.10. The van der Waals surface area contributed by atoms with Crippen LogP contribution in [0.5, 0.6) is 0 Å². The van der Waals surface area contributed by atoms with Crippen LogP contribution in [0.3, 0.4) is 0 Å². The molecule has 162 valence electrons. The van der Waals surface area contributed by atoms with Crippen molar-refractivity contribution in [1.82, 2.24) is 30.0 Å². The van der Waals surface area contributed by atoms with Crippen LogP contribution in [0.1, 0.15) is 18.2 Å². The van der Waals surface area contributed by atoms with E-state index in [1.807, 2.05) is 37.6 Å². The molecule has 10 nitrogen and oxygen atoms in total. The molecule has 3 N–H and O–H groups in total. The topological polar surface area (TPSA) is 127 Å². The number of nitrogens with one attached hydrogen (secondary N) is 2. The van der Waals surface area contributed by atoms with Gasteiger partial charge in [0.15, 0.2) is 5.82 Å². The zero-order chi connectivity index (χ0) is 21.9. The van der Waals surface area contributed by atoms with E-state index in [9.17, 15) is 4.79 Å². The number of aliphatic hydroxyl groups excluding tert-OH is 1. The zero-order valence-corrected chi connectivity index (χ0v) is 18.0. The van der Waals surface area contributed by atoms with Gasteiger partial charge in [-0.3, -0.25) is 9.48 Å². The number of anilines is 2. The second-order valence-corrected chi connectivity index (χ2v) is 6.52. The Bertz CT molecular complexity index is 965. The first-order valence-corrected chi connectivity index (χ1v) is 9.83. The average Bonchev–Trinajstić information content (AvgIpc) is 3.03. The quantitative estimate of drug-likeness (QED) is 0.264. The highest BCUT2D eigenvalue weighted by atomic mass is 35.5. The van der Waals surface area contributed by atoms with E-state index in [0.717, 1.165) is 22.3 Å². The van der Waals surface area contributed by atoms with E-state index in [-0.39, 0.29) is 11.9 Å². The molecule has 0 saturated carbocycles. The Morgan fingerprint density at radius 3 is 2.77 bits per heavy atom. The first-order chi connectivity index (χ1) is 14.5. The van der Waals surface area contributed by atoms with Gasteiger partial charge in [0, 0.05) is 19.3 Å². The third-order valence-electron chi connectivity index (χ3n) is 3.88. The first-order valence-electron chi connectivity index (χ1n) is 9.46. The zero-order valence-electron chi connectivity index (χ0n) is 17.2. The molecule has 0 spiro atoms. The van der Waals surface area contributed by atoms with Crippen LogP contribution in [0.4, 0.5) is 11.6 Å². The number of aryl methyl sites for hydroxylation is 2. The van der Waals surface area contributed by atoms with Gasteiger partial charge in [0.05, 0.1) is 25.5 Å². The molecule has 0 aliphatic rings.